The van der Waals surface area contributed by atoms with Crippen LogP contribution >= 0.6 is 0 Å². The van der Waals surface area contributed by atoms with Gasteiger partial charge >= 0.3 is 0 Å². The minimum absolute atomic E-state index is 0.0644. The molecule has 156 valence electrons. The van der Waals surface area contributed by atoms with Crippen LogP contribution in [-0.4, -0.2) is 66.3 Å². The van der Waals surface area contributed by atoms with Crippen LogP contribution in [0.3, 0.4) is 0 Å². The van der Waals surface area contributed by atoms with Gasteiger partial charge in [0.05, 0.1) is 19.7 Å². The third-order valence-electron chi connectivity index (χ3n) is 5.18. The van der Waals surface area contributed by atoms with Gasteiger partial charge in [-0.25, -0.2) is 4.98 Å². The largest absolute Gasteiger partial charge is 0.508 e. The fraction of sp³-hybridized carbons (Fsp3) is 0.286. The Morgan fingerprint density at radius 2 is 1.63 bits per heavy atom. The van der Waals surface area contributed by atoms with Crippen LogP contribution < -0.4 is 20.1 Å². The Hall–Kier alpha value is -3.75. The Morgan fingerprint density at radius 3 is 2.27 bits per heavy atom. The molecule has 0 radical (unpaired) electrons. The second kappa shape index (κ2) is 7.94. The number of carbonyl (C=O) groups excluding carboxylic acids is 1. The van der Waals surface area contributed by atoms with E-state index in [4.69, 9.17) is 15.2 Å². The fourth-order valence-corrected chi connectivity index (χ4v) is 3.50. The van der Waals surface area contributed by atoms with Gasteiger partial charge < -0.3 is 30.1 Å². The molecule has 3 aromatic rings. The van der Waals surface area contributed by atoms with Gasteiger partial charge in [-0.15, -0.1) is 0 Å². The molecule has 1 fully saturated rings. The van der Waals surface area contributed by atoms with Crippen molar-refractivity contribution in [3.8, 4) is 17.2 Å². The van der Waals surface area contributed by atoms with Crippen LogP contribution in [0.15, 0.2) is 36.4 Å². The maximum Gasteiger partial charge on any atom is 0.253 e. The van der Waals surface area contributed by atoms with Crippen LogP contribution in [-0.2, 0) is 0 Å². The van der Waals surface area contributed by atoms with Gasteiger partial charge in [-0.3, -0.25) is 4.79 Å². The van der Waals surface area contributed by atoms with E-state index in [9.17, 15) is 9.90 Å². The first-order chi connectivity index (χ1) is 14.5. The number of ether oxygens (including phenoxy) is 2. The summed E-state index contributed by atoms with van der Waals surface area (Å²) in [5, 5.41) is 10.1. The summed E-state index contributed by atoms with van der Waals surface area (Å²) in [5.74, 6) is 2.08. The van der Waals surface area contributed by atoms with E-state index in [1.54, 1.807) is 43.4 Å². The smallest absolute Gasteiger partial charge is 0.253 e. The Balaban J connectivity index is 1.53. The molecule has 3 N–H and O–H groups in total. The highest BCUT2D eigenvalue weighted by atomic mass is 16.5. The van der Waals surface area contributed by atoms with Crippen LogP contribution in [0.5, 0.6) is 17.2 Å². The molecule has 4 rings (SSSR count). The molecule has 1 aromatic heterocycles. The maximum atomic E-state index is 12.7. The summed E-state index contributed by atoms with van der Waals surface area (Å²) in [6, 6.07) is 9.82. The lowest BCUT2D eigenvalue weighted by Crippen LogP contribution is -2.49. The van der Waals surface area contributed by atoms with E-state index in [0.717, 1.165) is 0 Å². The minimum atomic E-state index is -0.0644. The van der Waals surface area contributed by atoms with E-state index in [1.807, 2.05) is 4.90 Å². The van der Waals surface area contributed by atoms with Gasteiger partial charge in [0.25, 0.3) is 5.91 Å². The zero-order valence-corrected chi connectivity index (χ0v) is 16.8. The van der Waals surface area contributed by atoms with Gasteiger partial charge in [0.1, 0.15) is 11.6 Å². The van der Waals surface area contributed by atoms with Crippen LogP contribution in [0.1, 0.15) is 10.4 Å². The highest BCUT2D eigenvalue weighted by Gasteiger charge is 2.24. The normalized spacial score (nSPS) is 14.1. The number of phenols is 1. The van der Waals surface area contributed by atoms with Gasteiger partial charge in [0, 0.05) is 43.2 Å². The molecular weight excluding hydrogens is 386 g/mol. The number of rotatable bonds is 4. The van der Waals surface area contributed by atoms with Gasteiger partial charge in [0.2, 0.25) is 5.95 Å². The Bertz CT molecular complexity index is 1080. The second-order valence-corrected chi connectivity index (χ2v) is 6.96. The van der Waals surface area contributed by atoms with Crippen molar-refractivity contribution in [1.29, 1.82) is 0 Å². The number of anilines is 2. The summed E-state index contributed by atoms with van der Waals surface area (Å²) in [4.78, 5) is 25.6. The number of carbonyl (C=O) groups is 1. The first-order valence-electron chi connectivity index (χ1n) is 9.52. The molecule has 2 aromatic carbocycles. The Morgan fingerprint density at radius 1 is 1.00 bits per heavy atom. The minimum Gasteiger partial charge on any atom is -0.508 e. The van der Waals surface area contributed by atoms with Gasteiger partial charge in [-0.2, -0.15) is 4.98 Å². The molecule has 1 amide bonds. The number of piperazine rings is 1. The summed E-state index contributed by atoms with van der Waals surface area (Å²) in [6.45, 7) is 2.24. The van der Waals surface area contributed by atoms with Crippen molar-refractivity contribution in [1.82, 2.24) is 14.9 Å². The quantitative estimate of drug-likeness (QED) is 0.672. The highest BCUT2D eigenvalue weighted by Crippen LogP contribution is 2.34. The zero-order chi connectivity index (χ0) is 21.3. The molecule has 0 bridgehead atoms. The maximum absolute atomic E-state index is 12.7. The number of nitrogens with two attached hydrogens (primary N) is 1. The molecule has 0 atom stereocenters. The second-order valence-electron chi connectivity index (χ2n) is 6.96. The number of fused-ring (bicyclic) bond motifs is 1. The molecule has 9 heteroatoms. The lowest BCUT2D eigenvalue weighted by Gasteiger charge is -2.35. The van der Waals surface area contributed by atoms with E-state index in [1.165, 1.54) is 12.1 Å². The number of hydrogen-bond acceptors (Lipinski definition) is 8. The van der Waals surface area contributed by atoms with Crippen molar-refractivity contribution in [3.05, 3.63) is 42.0 Å². The SMILES string of the molecule is COc1cc2nc(N3CCN(C(=O)c4ccc(O)cc4)CC3)nc(N)c2cc1OC. The summed E-state index contributed by atoms with van der Waals surface area (Å²) >= 11 is 0. The molecule has 0 spiro atoms. The number of aromatic nitrogens is 2. The van der Waals surface area contributed by atoms with Crippen molar-refractivity contribution < 1.29 is 19.4 Å². The van der Waals surface area contributed by atoms with E-state index in [-0.39, 0.29) is 11.7 Å². The van der Waals surface area contributed by atoms with E-state index in [2.05, 4.69) is 9.97 Å². The number of methoxy groups -OCH3 is 2. The molecule has 1 aliphatic heterocycles. The van der Waals surface area contributed by atoms with Gasteiger partial charge in [0.15, 0.2) is 11.5 Å². The molecule has 1 aliphatic rings. The van der Waals surface area contributed by atoms with Crippen molar-refractivity contribution in [2.24, 2.45) is 0 Å². The predicted octanol–water partition coefficient (Wildman–Crippen LogP) is 1.90. The number of nitrogen functional groups attached to an aromatic ring is 1. The first-order valence-corrected chi connectivity index (χ1v) is 9.52. The third-order valence-corrected chi connectivity index (χ3v) is 5.18. The van der Waals surface area contributed by atoms with Gasteiger partial charge in [-0.1, -0.05) is 0 Å². The van der Waals surface area contributed by atoms with Crippen LogP contribution in [0, 0.1) is 0 Å². The number of benzene rings is 2. The van der Waals surface area contributed by atoms with E-state index >= 15 is 0 Å². The van der Waals surface area contributed by atoms with E-state index in [0.29, 0.717) is 65.9 Å². The summed E-state index contributed by atoms with van der Waals surface area (Å²) in [5.41, 5.74) is 7.40. The molecule has 2 heterocycles. The molecule has 0 aliphatic carbocycles. The number of nitrogens with zero attached hydrogens (tertiary/aromatic N) is 4. The average Bonchev–Trinajstić information content (AvgIpc) is 2.78. The zero-order valence-electron chi connectivity index (χ0n) is 16.8. The number of amides is 1. The molecule has 1 saturated heterocycles. The predicted molar refractivity (Wildman–Crippen MR) is 113 cm³/mol. The first kappa shape index (κ1) is 19.6. The lowest BCUT2D eigenvalue weighted by molar-refractivity contribution is 0.0746. The van der Waals surface area contributed by atoms with Crippen LogP contribution in [0.4, 0.5) is 11.8 Å². The topological polar surface area (TPSA) is 114 Å². The molecule has 0 saturated carbocycles. The number of aromatic hydroxyl groups is 1. The van der Waals surface area contributed by atoms with E-state index < -0.39 is 0 Å². The van der Waals surface area contributed by atoms with Crippen LogP contribution in [0.2, 0.25) is 0 Å². The molecule has 30 heavy (non-hydrogen) atoms. The fourth-order valence-electron chi connectivity index (χ4n) is 3.50. The van der Waals surface area contributed by atoms with Crippen molar-refractivity contribution in [3.63, 3.8) is 0 Å². The summed E-state index contributed by atoms with van der Waals surface area (Å²) < 4.78 is 10.7. The van der Waals surface area contributed by atoms with Crippen molar-refractivity contribution in [2.75, 3.05) is 51.0 Å². The monoisotopic (exact) mass is 409 g/mol. The molecule has 0 unspecified atom stereocenters. The average molecular weight is 409 g/mol. The van der Waals surface area contributed by atoms with Gasteiger partial charge in [-0.05, 0) is 30.3 Å². The standard InChI is InChI=1S/C21H23N5O4/c1-29-17-11-15-16(12-18(17)30-2)23-21(24-19(15)22)26-9-7-25(8-10-26)20(28)13-3-5-14(27)6-4-13/h3-6,11-12,27H,7-10H2,1-2H3,(H2,22,23,24). The van der Waals surface area contributed by atoms with Crippen molar-refractivity contribution >= 4 is 28.6 Å². The summed E-state index contributed by atoms with van der Waals surface area (Å²) in [6.07, 6.45) is 0. The third kappa shape index (κ3) is 3.61. The molecular formula is C21H23N5O4. The Kier molecular flexibility index (Phi) is 5.18. The molecule has 9 nitrogen and oxygen atoms in total. The Labute approximate surface area is 173 Å². The highest BCUT2D eigenvalue weighted by molar-refractivity contribution is 5.94. The van der Waals surface area contributed by atoms with Crippen molar-refractivity contribution in [2.45, 2.75) is 0 Å². The number of phenolic OH excluding ortho intramolecular Hbond substituents is 1. The summed E-state index contributed by atoms with van der Waals surface area (Å²) in [7, 11) is 3.13. The van der Waals surface area contributed by atoms with Crippen LogP contribution in [0.25, 0.3) is 10.9 Å². The number of hydrogen-bond donors (Lipinski definition) is 2. The lowest BCUT2D eigenvalue weighted by atomic mass is 10.1.